The summed E-state index contributed by atoms with van der Waals surface area (Å²) in [5.41, 5.74) is 1.44. The van der Waals surface area contributed by atoms with E-state index in [1.165, 1.54) is 0 Å². The minimum Gasteiger partial charge on any atom is -0.338 e. The summed E-state index contributed by atoms with van der Waals surface area (Å²) in [4.78, 5) is 36.7. The van der Waals surface area contributed by atoms with Crippen molar-refractivity contribution >= 4 is 46.4 Å². The molecule has 30 heavy (non-hydrogen) atoms. The third-order valence-corrected chi connectivity index (χ3v) is 7.08. The van der Waals surface area contributed by atoms with E-state index in [0.717, 1.165) is 36.8 Å². The summed E-state index contributed by atoms with van der Waals surface area (Å²) < 4.78 is 0. The Hall–Kier alpha value is -1.67. The van der Waals surface area contributed by atoms with Gasteiger partial charge in [0.2, 0.25) is 5.91 Å². The van der Waals surface area contributed by atoms with Crippen LogP contribution in [0.2, 0.25) is 10.0 Å². The number of nitrogens with zero attached hydrogens (tertiary/aromatic N) is 4. The van der Waals surface area contributed by atoms with E-state index in [0.29, 0.717) is 41.7 Å². The second-order valence-electron chi connectivity index (χ2n) is 7.74. The topological polar surface area (TPSA) is 56.8 Å². The zero-order valence-corrected chi connectivity index (χ0v) is 19.1. The number of hydrogen-bond donors (Lipinski definition) is 0. The van der Waals surface area contributed by atoms with Crippen LogP contribution in [0.15, 0.2) is 23.6 Å². The van der Waals surface area contributed by atoms with Crippen molar-refractivity contribution in [1.29, 1.82) is 0 Å². The highest BCUT2D eigenvalue weighted by Crippen LogP contribution is 2.27. The molecule has 1 aromatic carbocycles. The molecule has 9 heteroatoms. The van der Waals surface area contributed by atoms with Crippen molar-refractivity contribution in [2.75, 3.05) is 32.7 Å². The second kappa shape index (κ2) is 9.22. The van der Waals surface area contributed by atoms with E-state index in [-0.39, 0.29) is 11.8 Å². The third kappa shape index (κ3) is 4.64. The predicted molar refractivity (Wildman–Crippen MR) is 119 cm³/mol. The van der Waals surface area contributed by atoms with Gasteiger partial charge < -0.3 is 9.80 Å². The van der Waals surface area contributed by atoms with Crippen molar-refractivity contribution in [2.45, 2.75) is 32.4 Å². The van der Waals surface area contributed by atoms with Crippen molar-refractivity contribution in [3.63, 3.8) is 0 Å². The maximum absolute atomic E-state index is 13.2. The summed E-state index contributed by atoms with van der Waals surface area (Å²) in [7, 11) is 0. The van der Waals surface area contributed by atoms with Gasteiger partial charge in [0.05, 0.1) is 21.3 Å². The van der Waals surface area contributed by atoms with E-state index in [2.05, 4.69) is 15.3 Å². The second-order valence-corrected chi connectivity index (χ2v) is 9.65. The first-order valence-electron chi connectivity index (χ1n) is 10.1. The zero-order valence-electron chi connectivity index (χ0n) is 16.8. The number of piperazine rings is 1. The molecule has 0 saturated carbocycles. The van der Waals surface area contributed by atoms with Gasteiger partial charge in [0.1, 0.15) is 6.04 Å². The van der Waals surface area contributed by atoms with Crippen LogP contribution in [0.1, 0.15) is 33.9 Å². The summed E-state index contributed by atoms with van der Waals surface area (Å²) in [5, 5.41) is 3.98. The fourth-order valence-electron chi connectivity index (χ4n) is 4.13. The lowest BCUT2D eigenvalue weighted by Crippen LogP contribution is -2.54. The normalized spacial score (nSPS) is 20.0. The van der Waals surface area contributed by atoms with Gasteiger partial charge >= 0.3 is 0 Å². The maximum atomic E-state index is 13.2. The fourth-order valence-corrected chi connectivity index (χ4v) is 5.10. The predicted octanol–water partition coefficient (Wildman–Crippen LogP) is 3.71. The monoisotopic (exact) mass is 466 g/mol. The Kier molecular flexibility index (Phi) is 6.63. The van der Waals surface area contributed by atoms with Gasteiger partial charge in [0, 0.05) is 49.7 Å². The quantitative estimate of drug-likeness (QED) is 0.688. The molecular weight excluding hydrogens is 443 g/mol. The van der Waals surface area contributed by atoms with Gasteiger partial charge in [-0.15, -0.1) is 11.3 Å². The molecule has 160 valence electrons. The summed E-state index contributed by atoms with van der Waals surface area (Å²) in [6, 6.07) is 4.41. The van der Waals surface area contributed by atoms with Gasteiger partial charge in [-0.05, 0) is 38.0 Å². The number of carbonyl (C=O) groups excluding carboxylic acids is 2. The van der Waals surface area contributed by atoms with E-state index in [1.807, 2.05) is 11.8 Å². The van der Waals surface area contributed by atoms with Crippen LogP contribution in [0.3, 0.4) is 0 Å². The highest BCUT2D eigenvalue weighted by molar-refractivity contribution is 7.09. The van der Waals surface area contributed by atoms with Crippen LogP contribution in [0.25, 0.3) is 0 Å². The van der Waals surface area contributed by atoms with Crippen LogP contribution in [-0.2, 0) is 11.3 Å². The highest BCUT2D eigenvalue weighted by Gasteiger charge is 2.38. The number of aryl methyl sites for hydroxylation is 1. The first kappa shape index (κ1) is 21.6. The molecule has 2 aliphatic rings. The third-order valence-electron chi connectivity index (χ3n) is 5.69. The molecule has 2 fully saturated rings. The van der Waals surface area contributed by atoms with Crippen LogP contribution in [-0.4, -0.2) is 70.3 Å². The molecule has 1 aromatic heterocycles. The maximum Gasteiger partial charge on any atom is 0.256 e. The molecule has 0 aliphatic carbocycles. The lowest BCUT2D eigenvalue weighted by Gasteiger charge is -2.37. The molecule has 0 radical (unpaired) electrons. The summed E-state index contributed by atoms with van der Waals surface area (Å²) in [6.45, 7) is 6.33. The Bertz CT molecular complexity index is 943. The Morgan fingerprint density at radius 3 is 2.63 bits per heavy atom. The Labute approximate surface area is 190 Å². The highest BCUT2D eigenvalue weighted by atomic mass is 35.5. The number of carbonyl (C=O) groups is 2. The first-order valence-corrected chi connectivity index (χ1v) is 11.7. The van der Waals surface area contributed by atoms with E-state index >= 15 is 0 Å². The molecule has 4 rings (SSSR count). The number of aromatic nitrogens is 1. The molecule has 0 spiro atoms. The molecule has 2 amide bonds. The van der Waals surface area contributed by atoms with Crippen LogP contribution >= 0.6 is 34.5 Å². The fraction of sp³-hybridized carbons (Fsp3) is 0.476. The Morgan fingerprint density at radius 1 is 1.17 bits per heavy atom. The molecule has 3 heterocycles. The van der Waals surface area contributed by atoms with Crippen molar-refractivity contribution in [3.05, 3.63) is 49.9 Å². The van der Waals surface area contributed by atoms with Gasteiger partial charge in [-0.1, -0.05) is 23.2 Å². The van der Waals surface area contributed by atoms with E-state index in [9.17, 15) is 9.59 Å². The standard InChI is InChI=1S/C21H24Cl2N4O2S/c1-14-24-16(13-30-14)12-25-7-9-26(10-8-25)21(29)19-3-2-6-27(19)20(28)17-11-15(22)4-5-18(17)23/h4-5,11,13,19H,2-3,6-10,12H2,1H3. The summed E-state index contributed by atoms with van der Waals surface area (Å²) in [5.74, 6) is -0.195. The summed E-state index contributed by atoms with van der Waals surface area (Å²) >= 11 is 13.9. The molecular formula is C21H24Cl2N4O2S. The molecule has 6 nitrogen and oxygen atoms in total. The molecule has 2 aliphatic heterocycles. The Balaban J connectivity index is 1.38. The van der Waals surface area contributed by atoms with Crippen LogP contribution in [0.5, 0.6) is 0 Å². The van der Waals surface area contributed by atoms with Crippen molar-refractivity contribution in [1.82, 2.24) is 19.7 Å². The first-order chi connectivity index (χ1) is 14.4. The van der Waals surface area contributed by atoms with Crippen LogP contribution < -0.4 is 0 Å². The number of hydrogen-bond acceptors (Lipinski definition) is 5. The number of thiazole rings is 1. The van der Waals surface area contributed by atoms with Crippen molar-refractivity contribution in [3.8, 4) is 0 Å². The van der Waals surface area contributed by atoms with Gasteiger partial charge in [-0.2, -0.15) is 0 Å². The van der Waals surface area contributed by atoms with Gasteiger partial charge in [0.25, 0.3) is 5.91 Å². The average molecular weight is 467 g/mol. The lowest BCUT2D eigenvalue weighted by atomic mass is 10.1. The zero-order chi connectivity index (χ0) is 21.3. The van der Waals surface area contributed by atoms with E-state index in [1.54, 1.807) is 34.4 Å². The minimum absolute atomic E-state index is 0.0307. The van der Waals surface area contributed by atoms with Gasteiger partial charge in [0.15, 0.2) is 0 Å². The van der Waals surface area contributed by atoms with E-state index < -0.39 is 6.04 Å². The van der Waals surface area contributed by atoms with Crippen molar-refractivity contribution < 1.29 is 9.59 Å². The van der Waals surface area contributed by atoms with Gasteiger partial charge in [-0.3, -0.25) is 14.5 Å². The Morgan fingerprint density at radius 2 is 1.93 bits per heavy atom. The van der Waals surface area contributed by atoms with Crippen LogP contribution in [0.4, 0.5) is 0 Å². The van der Waals surface area contributed by atoms with Crippen molar-refractivity contribution in [2.24, 2.45) is 0 Å². The largest absolute Gasteiger partial charge is 0.338 e. The lowest BCUT2D eigenvalue weighted by molar-refractivity contribution is -0.137. The number of likely N-dealkylation sites (tertiary alicyclic amines) is 1. The molecule has 1 unspecified atom stereocenters. The molecule has 2 aromatic rings. The minimum atomic E-state index is -0.430. The number of halogens is 2. The molecule has 0 bridgehead atoms. The smallest absolute Gasteiger partial charge is 0.256 e. The summed E-state index contributed by atoms with van der Waals surface area (Å²) in [6.07, 6.45) is 1.49. The van der Waals surface area contributed by atoms with Crippen LogP contribution in [0, 0.1) is 6.92 Å². The number of benzene rings is 1. The van der Waals surface area contributed by atoms with Gasteiger partial charge in [-0.25, -0.2) is 4.98 Å². The molecule has 2 saturated heterocycles. The average Bonchev–Trinajstić information content (AvgIpc) is 3.38. The molecule has 1 atom stereocenters. The molecule has 0 N–H and O–H groups in total. The number of rotatable bonds is 4. The van der Waals surface area contributed by atoms with E-state index in [4.69, 9.17) is 23.2 Å². The SMILES string of the molecule is Cc1nc(CN2CCN(C(=O)C3CCCN3C(=O)c3cc(Cl)ccc3Cl)CC2)cs1. The number of amides is 2.